The van der Waals surface area contributed by atoms with E-state index in [0.717, 1.165) is 0 Å². The molecule has 0 heterocycles. The van der Waals surface area contributed by atoms with Gasteiger partial charge in [-0.3, -0.25) is 4.79 Å². The summed E-state index contributed by atoms with van der Waals surface area (Å²) in [5.74, 6) is 0.716. The molecule has 21 heavy (non-hydrogen) atoms. The molecule has 0 bridgehead atoms. The number of methoxy groups -OCH3 is 2. The first kappa shape index (κ1) is 15.0. The molecule has 0 aromatic heterocycles. The number of hydrogen-bond acceptors (Lipinski definition) is 4. The van der Waals surface area contributed by atoms with Gasteiger partial charge in [-0.15, -0.1) is 0 Å². The predicted molar refractivity (Wildman–Crippen MR) is 83.4 cm³/mol. The minimum Gasteiger partial charge on any atom is -0.495 e. The van der Waals surface area contributed by atoms with Crippen molar-refractivity contribution in [3.05, 3.63) is 47.0 Å². The van der Waals surface area contributed by atoms with Gasteiger partial charge >= 0.3 is 0 Å². The van der Waals surface area contributed by atoms with Crippen molar-refractivity contribution in [2.75, 3.05) is 25.3 Å². The Bertz CT molecular complexity index is 674. The molecule has 0 aliphatic rings. The van der Waals surface area contributed by atoms with Crippen molar-refractivity contribution in [2.24, 2.45) is 0 Å². The van der Waals surface area contributed by atoms with Crippen LogP contribution < -0.4 is 20.5 Å². The molecule has 110 valence electrons. The van der Waals surface area contributed by atoms with Gasteiger partial charge in [0.05, 0.1) is 24.9 Å². The zero-order valence-electron chi connectivity index (χ0n) is 11.6. The Hall–Kier alpha value is -2.40. The van der Waals surface area contributed by atoms with Crippen LogP contribution in [0.15, 0.2) is 36.4 Å². The van der Waals surface area contributed by atoms with Gasteiger partial charge in [-0.05, 0) is 36.4 Å². The molecule has 0 radical (unpaired) electrons. The predicted octanol–water partition coefficient (Wildman–Crippen LogP) is 3.19. The quantitative estimate of drug-likeness (QED) is 0.851. The lowest BCUT2D eigenvalue weighted by molar-refractivity contribution is 0.102. The molecule has 6 heteroatoms. The Morgan fingerprint density at radius 1 is 1.10 bits per heavy atom. The molecule has 2 rings (SSSR count). The van der Waals surface area contributed by atoms with Gasteiger partial charge in [0.1, 0.15) is 11.5 Å². The Labute approximate surface area is 127 Å². The Balaban J connectivity index is 2.19. The SMILES string of the molecule is COc1cc(C(=O)Nc2ccc(OC)c(Cl)c2)ccc1N. The van der Waals surface area contributed by atoms with Gasteiger partial charge in [-0.1, -0.05) is 11.6 Å². The Kier molecular flexibility index (Phi) is 4.55. The summed E-state index contributed by atoms with van der Waals surface area (Å²) in [7, 11) is 3.02. The molecule has 0 saturated carbocycles. The van der Waals surface area contributed by atoms with Crippen LogP contribution in [0, 0.1) is 0 Å². The van der Waals surface area contributed by atoms with E-state index >= 15 is 0 Å². The molecule has 2 aromatic carbocycles. The minimum absolute atomic E-state index is 0.283. The van der Waals surface area contributed by atoms with E-state index in [2.05, 4.69) is 5.32 Å². The van der Waals surface area contributed by atoms with Crippen LogP contribution in [0.1, 0.15) is 10.4 Å². The van der Waals surface area contributed by atoms with Crippen LogP contribution in [-0.2, 0) is 0 Å². The van der Waals surface area contributed by atoms with Crippen molar-refractivity contribution in [2.45, 2.75) is 0 Å². The first-order chi connectivity index (χ1) is 10.0. The molecule has 0 saturated heterocycles. The fourth-order valence-corrected chi connectivity index (χ4v) is 2.06. The zero-order valence-corrected chi connectivity index (χ0v) is 12.4. The summed E-state index contributed by atoms with van der Waals surface area (Å²) in [5.41, 5.74) is 7.20. The molecule has 1 amide bonds. The molecule has 0 aliphatic carbocycles. The van der Waals surface area contributed by atoms with E-state index in [1.807, 2.05) is 0 Å². The van der Waals surface area contributed by atoms with Crippen LogP contribution in [0.4, 0.5) is 11.4 Å². The van der Waals surface area contributed by atoms with Crippen LogP contribution in [0.2, 0.25) is 5.02 Å². The highest BCUT2D eigenvalue weighted by atomic mass is 35.5. The lowest BCUT2D eigenvalue weighted by atomic mass is 10.1. The van der Waals surface area contributed by atoms with Crippen LogP contribution in [0.5, 0.6) is 11.5 Å². The highest BCUT2D eigenvalue weighted by molar-refractivity contribution is 6.32. The number of nitrogens with two attached hydrogens (primary N) is 1. The van der Waals surface area contributed by atoms with Gasteiger partial charge in [-0.25, -0.2) is 0 Å². The lowest BCUT2D eigenvalue weighted by Gasteiger charge is -2.10. The minimum atomic E-state index is -0.283. The normalized spacial score (nSPS) is 10.0. The summed E-state index contributed by atoms with van der Waals surface area (Å²) in [4.78, 5) is 12.2. The maximum atomic E-state index is 12.2. The lowest BCUT2D eigenvalue weighted by Crippen LogP contribution is -2.12. The molecule has 0 atom stereocenters. The standard InChI is InChI=1S/C15H15ClN2O3/c1-20-13-6-4-10(8-11(13)16)18-15(19)9-3-5-12(17)14(7-9)21-2/h3-8H,17H2,1-2H3,(H,18,19). The summed E-state index contributed by atoms with van der Waals surface area (Å²) in [6, 6.07) is 9.83. The van der Waals surface area contributed by atoms with Crippen molar-refractivity contribution >= 4 is 28.9 Å². The fraction of sp³-hybridized carbons (Fsp3) is 0.133. The van der Waals surface area contributed by atoms with Gasteiger partial charge in [0.2, 0.25) is 0 Å². The molecular weight excluding hydrogens is 292 g/mol. The van der Waals surface area contributed by atoms with E-state index in [9.17, 15) is 4.79 Å². The number of nitrogens with one attached hydrogen (secondary N) is 1. The van der Waals surface area contributed by atoms with E-state index < -0.39 is 0 Å². The third-order valence-electron chi connectivity index (χ3n) is 2.91. The average molecular weight is 307 g/mol. The molecular formula is C15H15ClN2O3. The van der Waals surface area contributed by atoms with Crippen LogP contribution in [-0.4, -0.2) is 20.1 Å². The summed E-state index contributed by atoms with van der Waals surface area (Å²) in [6.45, 7) is 0. The summed E-state index contributed by atoms with van der Waals surface area (Å²) >= 11 is 6.01. The Morgan fingerprint density at radius 3 is 2.43 bits per heavy atom. The first-order valence-corrected chi connectivity index (χ1v) is 6.51. The van der Waals surface area contributed by atoms with Crippen molar-refractivity contribution in [1.29, 1.82) is 0 Å². The van der Waals surface area contributed by atoms with Gasteiger partial charge in [0.15, 0.2) is 0 Å². The van der Waals surface area contributed by atoms with E-state index in [1.165, 1.54) is 14.2 Å². The van der Waals surface area contributed by atoms with Crippen LogP contribution in [0.25, 0.3) is 0 Å². The summed E-state index contributed by atoms with van der Waals surface area (Å²) in [6.07, 6.45) is 0. The van der Waals surface area contributed by atoms with Gasteiger partial charge in [0.25, 0.3) is 5.91 Å². The third kappa shape index (κ3) is 3.38. The van der Waals surface area contributed by atoms with Crippen molar-refractivity contribution < 1.29 is 14.3 Å². The average Bonchev–Trinajstić information content (AvgIpc) is 2.48. The van der Waals surface area contributed by atoms with E-state index in [4.69, 9.17) is 26.8 Å². The van der Waals surface area contributed by atoms with Gasteiger partial charge in [0, 0.05) is 11.3 Å². The smallest absolute Gasteiger partial charge is 0.255 e. The second-order valence-electron chi connectivity index (χ2n) is 4.26. The van der Waals surface area contributed by atoms with Crippen molar-refractivity contribution in [3.63, 3.8) is 0 Å². The maximum Gasteiger partial charge on any atom is 0.255 e. The van der Waals surface area contributed by atoms with Crippen molar-refractivity contribution in [1.82, 2.24) is 0 Å². The molecule has 2 aromatic rings. The van der Waals surface area contributed by atoms with Crippen LogP contribution in [0.3, 0.4) is 0 Å². The van der Waals surface area contributed by atoms with Crippen molar-refractivity contribution in [3.8, 4) is 11.5 Å². The van der Waals surface area contributed by atoms with E-state index in [-0.39, 0.29) is 5.91 Å². The van der Waals surface area contributed by atoms with Crippen LogP contribution >= 0.6 is 11.6 Å². The molecule has 0 spiro atoms. The topological polar surface area (TPSA) is 73.6 Å². The second kappa shape index (κ2) is 6.37. The fourth-order valence-electron chi connectivity index (χ4n) is 1.80. The van der Waals surface area contributed by atoms with Gasteiger partial charge < -0.3 is 20.5 Å². The molecule has 5 nitrogen and oxygen atoms in total. The number of hydrogen-bond donors (Lipinski definition) is 2. The number of halogens is 1. The number of anilines is 2. The highest BCUT2D eigenvalue weighted by Gasteiger charge is 2.10. The molecule has 0 aliphatic heterocycles. The molecule has 0 fully saturated rings. The summed E-state index contributed by atoms with van der Waals surface area (Å²) < 4.78 is 10.2. The molecule has 0 unspecified atom stereocenters. The Morgan fingerprint density at radius 2 is 1.81 bits per heavy atom. The highest BCUT2D eigenvalue weighted by Crippen LogP contribution is 2.28. The number of carbonyl (C=O) groups is 1. The number of ether oxygens (including phenoxy) is 2. The maximum absolute atomic E-state index is 12.2. The number of carbonyl (C=O) groups excluding carboxylic acids is 1. The van der Waals surface area contributed by atoms with E-state index in [0.29, 0.717) is 33.5 Å². The zero-order chi connectivity index (χ0) is 15.4. The molecule has 3 N–H and O–H groups in total. The number of amides is 1. The number of benzene rings is 2. The number of nitrogen functional groups attached to an aromatic ring is 1. The second-order valence-corrected chi connectivity index (χ2v) is 4.67. The number of rotatable bonds is 4. The van der Waals surface area contributed by atoms with Gasteiger partial charge in [-0.2, -0.15) is 0 Å². The largest absolute Gasteiger partial charge is 0.495 e. The first-order valence-electron chi connectivity index (χ1n) is 6.13. The third-order valence-corrected chi connectivity index (χ3v) is 3.20. The summed E-state index contributed by atoms with van der Waals surface area (Å²) in [5, 5.41) is 3.17. The van der Waals surface area contributed by atoms with E-state index in [1.54, 1.807) is 36.4 Å². The monoisotopic (exact) mass is 306 g/mol.